The summed E-state index contributed by atoms with van der Waals surface area (Å²) in [6.45, 7) is 9.10. The van der Waals surface area contributed by atoms with Crippen molar-refractivity contribution < 1.29 is 0 Å². The van der Waals surface area contributed by atoms with Crippen LogP contribution in [0.15, 0.2) is 21.0 Å². The third kappa shape index (κ3) is 3.43. The molecular weight excluding hydrogens is 380 g/mol. The van der Waals surface area contributed by atoms with E-state index in [2.05, 4.69) is 52.8 Å². The number of nitrogens with zero attached hydrogens (tertiary/aromatic N) is 7. The maximum absolute atomic E-state index is 5.91. The van der Waals surface area contributed by atoms with Crippen LogP contribution in [-0.2, 0) is 0 Å². The first-order valence-corrected chi connectivity index (χ1v) is 9.03. The molecule has 2 aromatic heterocycles. The first kappa shape index (κ1) is 16.5. The van der Waals surface area contributed by atoms with E-state index in [1.165, 1.54) is 16.4 Å². The summed E-state index contributed by atoms with van der Waals surface area (Å²) in [7, 11) is 0. The number of likely N-dealkylation sites (N-methyl/N-ethyl adjacent to an activating group) is 1. The highest BCUT2D eigenvalue weighted by molar-refractivity contribution is 9.10. The Hall–Kier alpha value is -1.39. The topological polar surface area (TPSA) is 89.0 Å². The van der Waals surface area contributed by atoms with Crippen LogP contribution in [0.3, 0.4) is 0 Å². The van der Waals surface area contributed by atoms with Crippen molar-refractivity contribution in [3.05, 3.63) is 16.6 Å². The Kier molecular flexibility index (Phi) is 5.02. The number of hydrogen-bond acceptors (Lipinski definition) is 8. The van der Waals surface area contributed by atoms with E-state index in [0.717, 1.165) is 48.0 Å². The number of nitrogens with two attached hydrogens (primary N) is 1. The molecule has 0 aliphatic carbocycles. The smallest absolute Gasteiger partial charge is 0.216 e. The molecule has 0 aromatic carbocycles. The molecule has 2 aromatic rings. The maximum atomic E-state index is 5.91. The predicted molar refractivity (Wildman–Crippen MR) is 93.1 cm³/mol. The van der Waals surface area contributed by atoms with Gasteiger partial charge in [-0.15, -0.1) is 10.2 Å². The summed E-state index contributed by atoms with van der Waals surface area (Å²) >= 11 is 5.01. The predicted octanol–water partition coefficient (Wildman–Crippen LogP) is 1.15. The van der Waals surface area contributed by atoms with Crippen LogP contribution < -0.4 is 10.7 Å². The van der Waals surface area contributed by atoms with Gasteiger partial charge in [0.2, 0.25) is 5.16 Å². The number of aryl methyl sites for hydroxylation is 1. The third-order valence-electron chi connectivity index (χ3n) is 3.88. The Balaban J connectivity index is 1.80. The van der Waals surface area contributed by atoms with Gasteiger partial charge in [0.25, 0.3) is 0 Å². The molecule has 3 rings (SSSR count). The maximum Gasteiger partial charge on any atom is 0.216 e. The zero-order valence-electron chi connectivity index (χ0n) is 13.1. The van der Waals surface area contributed by atoms with Gasteiger partial charge in [-0.05, 0) is 41.2 Å². The van der Waals surface area contributed by atoms with Crippen LogP contribution in [0, 0.1) is 6.92 Å². The SMILES string of the molecule is CCN1CCN(c2ncnc(Sc3nnc(C)n3N)c2Br)CC1. The van der Waals surface area contributed by atoms with Gasteiger partial charge in [-0.2, -0.15) is 0 Å². The number of piperazine rings is 1. The lowest BCUT2D eigenvalue weighted by molar-refractivity contribution is 0.270. The summed E-state index contributed by atoms with van der Waals surface area (Å²) in [5.74, 6) is 7.48. The molecule has 124 valence electrons. The Labute approximate surface area is 147 Å². The highest BCUT2D eigenvalue weighted by atomic mass is 79.9. The van der Waals surface area contributed by atoms with Crippen molar-refractivity contribution in [2.75, 3.05) is 43.5 Å². The van der Waals surface area contributed by atoms with E-state index < -0.39 is 0 Å². The van der Waals surface area contributed by atoms with Gasteiger partial charge in [0.05, 0.1) is 4.47 Å². The zero-order valence-corrected chi connectivity index (χ0v) is 15.5. The van der Waals surface area contributed by atoms with Crippen LogP contribution >= 0.6 is 27.7 Å². The van der Waals surface area contributed by atoms with E-state index in [9.17, 15) is 0 Å². The molecule has 0 bridgehead atoms. The van der Waals surface area contributed by atoms with Gasteiger partial charge in [-0.25, -0.2) is 14.6 Å². The summed E-state index contributed by atoms with van der Waals surface area (Å²) in [4.78, 5) is 13.5. The van der Waals surface area contributed by atoms with Crippen molar-refractivity contribution in [3.63, 3.8) is 0 Å². The number of aromatic nitrogens is 5. The van der Waals surface area contributed by atoms with Gasteiger partial charge in [0.1, 0.15) is 23.0 Å². The van der Waals surface area contributed by atoms with Crippen molar-refractivity contribution in [2.24, 2.45) is 0 Å². The Morgan fingerprint density at radius 2 is 1.96 bits per heavy atom. The first-order chi connectivity index (χ1) is 11.1. The van der Waals surface area contributed by atoms with Crippen molar-refractivity contribution in [3.8, 4) is 0 Å². The van der Waals surface area contributed by atoms with E-state index in [0.29, 0.717) is 11.0 Å². The fourth-order valence-electron chi connectivity index (χ4n) is 2.42. The number of rotatable bonds is 4. The van der Waals surface area contributed by atoms with Gasteiger partial charge < -0.3 is 15.6 Å². The average Bonchev–Trinajstić information content (AvgIpc) is 2.89. The number of nitrogen functional groups attached to an aromatic ring is 1. The normalized spacial score (nSPS) is 16.0. The van der Waals surface area contributed by atoms with E-state index in [-0.39, 0.29) is 0 Å². The molecule has 0 unspecified atom stereocenters. The molecule has 0 atom stereocenters. The molecule has 1 saturated heterocycles. The lowest BCUT2D eigenvalue weighted by Crippen LogP contribution is -2.46. The molecule has 2 N–H and O–H groups in total. The van der Waals surface area contributed by atoms with E-state index in [4.69, 9.17) is 5.84 Å². The zero-order chi connectivity index (χ0) is 16.4. The molecule has 1 aliphatic heterocycles. The van der Waals surface area contributed by atoms with Gasteiger partial charge in [0.15, 0.2) is 0 Å². The highest BCUT2D eigenvalue weighted by Crippen LogP contribution is 2.35. The van der Waals surface area contributed by atoms with Gasteiger partial charge >= 0.3 is 0 Å². The summed E-state index contributed by atoms with van der Waals surface area (Å²) < 4.78 is 2.33. The van der Waals surface area contributed by atoms with Crippen LogP contribution in [0.5, 0.6) is 0 Å². The van der Waals surface area contributed by atoms with Crippen molar-refractivity contribution in [2.45, 2.75) is 24.0 Å². The standard InChI is InChI=1S/C13H19BrN8S/c1-3-20-4-6-21(7-5-20)11-10(14)12(17-8-16-11)23-13-19-18-9(2)22(13)15/h8H,3-7,15H2,1-2H3. The molecule has 0 spiro atoms. The number of anilines is 1. The molecule has 1 aliphatic rings. The fourth-order valence-corrected chi connectivity index (χ4v) is 3.88. The van der Waals surface area contributed by atoms with Crippen LogP contribution in [0.2, 0.25) is 0 Å². The summed E-state index contributed by atoms with van der Waals surface area (Å²) in [5, 5.41) is 9.41. The number of halogens is 1. The van der Waals surface area contributed by atoms with Gasteiger partial charge in [0, 0.05) is 26.2 Å². The van der Waals surface area contributed by atoms with E-state index in [1.807, 2.05) is 6.92 Å². The second-order valence-corrected chi connectivity index (χ2v) is 6.99. The van der Waals surface area contributed by atoms with Gasteiger partial charge in [-0.1, -0.05) is 6.92 Å². The molecular formula is C13H19BrN8S. The van der Waals surface area contributed by atoms with E-state index >= 15 is 0 Å². The van der Waals surface area contributed by atoms with Crippen LogP contribution in [-0.4, -0.2) is 62.5 Å². The van der Waals surface area contributed by atoms with E-state index in [1.54, 1.807) is 6.33 Å². The van der Waals surface area contributed by atoms with Crippen molar-refractivity contribution in [1.82, 2.24) is 29.7 Å². The minimum atomic E-state index is 0.601. The van der Waals surface area contributed by atoms with Crippen LogP contribution in [0.1, 0.15) is 12.7 Å². The van der Waals surface area contributed by atoms with Gasteiger partial charge in [-0.3, -0.25) is 0 Å². The Morgan fingerprint density at radius 3 is 2.57 bits per heavy atom. The largest absolute Gasteiger partial charge is 0.353 e. The second-order valence-electron chi connectivity index (χ2n) is 5.24. The first-order valence-electron chi connectivity index (χ1n) is 7.43. The average molecular weight is 399 g/mol. The fraction of sp³-hybridized carbons (Fsp3) is 0.538. The molecule has 23 heavy (non-hydrogen) atoms. The van der Waals surface area contributed by atoms with Crippen LogP contribution in [0.4, 0.5) is 5.82 Å². The molecule has 0 amide bonds. The quantitative estimate of drug-likeness (QED) is 0.605. The Morgan fingerprint density at radius 1 is 1.22 bits per heavy atom. The molecule has 10 heteroatoms. The Bertz CT molecular complexity index is 683. The number of hydrogen-bond donors (Lipinski definition) is 1. The summed E-state index contributed by atoms with van der Waals surface area (Å²) in [6.07, 6.45) is 1.58. The lowest BCUT2D eigenvalue weighted by Gasteiger charge is -2.35. The van der Waals surface area contributed by atoms with Crippen molar-refractivity contribution in [1.29, 1.82) is 0 Å². The molecule has 3 heterocycles. The lowest BCUT2D eigenvalue weighted by atomic mass is 10.3. The third-order valence-corrected chi connectivity index (χ3v) is 5.84. The molecule has 0 radical (unpaired) electrons. The van der Waals surface area contributed by atoms with Crippen molar-refractivity contribution >= 4 is 33.5 Å². The minimum absolute atomic E-state index is 0.601. The molecule has 0 saturated carbocycles. The molecule has 1 fully saturated rings. The van der Waals surface area contributed by atoms with Crippen LogP contribution in [0.25, 0.3) is 0 Å². The highest BCUT2D eigenvalue weighted by Gasteiger charge is 2.21. The monoisotopic (exact) mass is 398 g/mol. The second kappa shape index (κ2) is 7.02. The molecule has 8 nitrogen and oxygen atoms in total. The minimum Gasteiger partial charge on any atom is -0.353 e. The summed E-state index contributed by atoms with van der Waals surface area (Å²) in [5.41, 5.74) is 0. The summed E-state index contributed by atoms with van der Waals surface area (Å²) in [6, 6.07) is 0.